The van der Waals surface area contributed by atoms with E-state index in [1.807, 2.05) is 54.1 Å². The Bertz CT molecular complexity index is 1440. The number of carbonyl (C=O) groups is 2. The lowest BCUT2D eigenvalue weighted by Crippen LogP contribution is -2.39. The van der Waals surface area contributed by atoms with E-state index >= 15 is 0 Å². The minimum Gasteiger partial charge on any atom is -0.497 e. The fourth-order valence-electron chi connectivity index (χ4n) is 4.20. The molecule has 2 amide bonds. The maximum Gasteiger partial charge on any atom is 0.254 e. The molecule has 0 aliphatic heterocycles. The molecule has 188 valence electrons. The Hall–Kier alpha value is -4.10. The molecule has 0 unspecified atom stereocenters. The van der Waals surface area contributed by atoms with Crippen LogP contribution < -0.4 is 10.1 Å². The van der Waals surface area contributed by atoms with Crippen LogP contribution in [-0.2, 0) is 4.79 Å². The van der Waals surface area contributed by atoms with E-state index in [9.17, 15) is 9.59 Å². The van der Waals surface area contributed by atoms with Crippen molar-refractivity contribution in [2.24, 2.45) is 0 Å². The summed E-state index contributed by atoms with van der Waals surface area (Å²) in [5.41, 5.74) is 4.01. The van der Waals surface area contributed by atoms with Crippen molar-refractivity contribution in [1.82, 2.24) is 14.5 Å². The first-order chi connectivity index (χ1) is 17.9. The van der Waals surface area contributed by atoms with Gasteiger partial charge in [0.25, 0.3) is 5.91 Å². The molecular weight excluding hydrogens is 488 g/mol. The van der Waals surface area contributed by atoms with Crippen LogP contribution in [0.4, 0.5) is 5.95 Å². The van der Waals surface area contributed by atoms with Crippen molar-refractivity contribution < 1.29 is 14.3 Å². The van der Waals surface area contributed by atoms with Gasteiger partial charge in [-0.25, -0.2) is 4.98 Å². The molecule has 37 heavy (non-hydrogen) atoms. The number of methoxy groups -OCH3 is 1. The average molecular weight is 515 g/mol. The van der Waals surface area contributed by atoms with Gasteiger partial charge in [-0.05, 0) is 67.8 Å². The second kappa shape index (κ2) is 10.5. The summed E-state index contributed by atoms with van der Waals surface area (Å²) < 4.78 is 7.11. The predicted molar refractivity (Wildman–Crippen MR) is 144 cm³/mol. The summed E-state index contributed by atoms with van der Waals surface area (Å²) in [5, 5.41) is 3.58. The molecule has 0 spiro atoms. The van der Waals surface area contributed by atoms with Crippen LogP contribution in [0.15, 0.2) is 79.0 Å². The lowest BCUT2D eigenvalue weighted by Gasteiger charge is -2.22. The van der Waals surface area contributed by atoms with Crippen molar-refractivity contribution in [1.29, 1.82) is 0 Å². The van der Waals surface area contributed by atoms with Crippen LogP contribution in [-0.4, -0.2) is 46.0 Å². The second-order valence-electron chi connectivity index (χ2n) is 9.11. The van der Waals surface area contributed by atoms with Gasteiger partial charge in [-0.3, -0.25) is 19.5 Å². The van der Waals surface area contributed by atoms with E-state index in [1.165, 1.54) is 0 Å². The number of benzene rings is 3. The Kier molecular flexibility index (Phi) is 6.97. The number of aromatic nitrogens is 2. The summed E-state index contributed by atoms with van der Waals surface area (Å²) in [6.07, 6.45) is 3.64. The smallest absolute Gasteiger partial charge is 0.254 e. The number of nitrogens with one attached hydrogen (secondary N) is 1. The molecule has 0 saturated heterocycles. The summed E-state index contributed by atoms with van der Waals surface area (Å²) in [4.78, 5) is 32.9. The maximum absolute atomic E-state index is 13.3. The molecule has 1 aliphatic carbocycles. The van der Waals surface area contributed by atoms with Crippen LogP contribution in [0.25, 0.3) is 16.9 Å². The SMILES string of the molecule is COc1cccc(C(=O)N(CC(=O)Nc2nc(-c3ccc(Cl)cc3)cn2-c2cccc(C)c2)C2CC2)c1. The number of rotatable bonds is 8. The van der Waals surface area contributed by atoms with Crippen molar-refractivity contribution in [2.75, 3.05) is 19.0 Å². The van der Waals surface area contributed by atoms with Gasteiger partial charge in [-0.1, -0.05) is 41.9 Å². The highest BCUT2D eigenvalue weighted by Crippen LogP contribution is 2.30. The number of ether oxygens (including phenoxy) is 1. The molecular formula is C29H27ClN4O3. The van der Waals surface area contributed by atoms with Crippen molar-refractivity contribution in [3.05, 3.63) is 95.1 Å². The zero-order valence-corrected chi connectivity index (χ0v) is 21.4. The number of amides is 2. The van der Waals surface area contributed by atoms with Gasteiger partial charge in [0.15, 0.2) is 0 Å². The van der Waals surface area contributed by atoms with E-state index in [-0.39, 0.29) is 24.4 Å². The van der Waals surface area contributed by atoms with Crippen LogP contribution >= 0.6 is 11.6 Å². The summed E-state index contributed by atoms with van der Waals surface area (Å²) >= 11 is 6.06. The standard InChI is InChI=1S/C29H27ClN4O3/c1-19-5-3-7-24(15-19)34-17-26(20-9-11-22(30)12-10-20)31-29(34)32-27(35)18-33(23-13-14-23)28(36)21-6-4-8-25(16-21)37-2/h3-12,15-17,23H,13-14,18H2,1-2H3,(H,31,32,35). The van der Waals surface area contributed by atoms with E-state index in [4.69, 9.17) is 21.3 Å². The molecule has 0 radical (unpaired) electrons. The molecule has 1 heterocycles. The Morgan fingerprint density at radius 2 is 1.84 bits per heavy atom. The molecule has 8 heteroatoms. The highest BCUT2D eigenvalue weighted by molar-refractivity contribution is 6.30. The van der Waals surface area contributed by atoms with E-state index in [0.717, 1.165) is 29.7 Å². The first-order valence-electron chi connectivity index (χ1n) is 12.1. The van der Waals surface area contributed by atoms with Gasteiger partial charge in [-0.2, -0.15) is 0 Å². The van der Waals surface area contributed by atoms with Crippen molar-refractivity contribution >= 4 is 29.4 Å². The number of hydrogen-bond acceptors (Lipinski definition) is 4. The quantitative estimate of drug-likeness (QED) is 0.324. The number of carbonyl (C=O) groups excluding carboxylic acids is 2. The highest BCUT2D eigenvalue weighted by atomic mass is 35.5. The first-order valence-corrected chi connectivity index (χ1v) is 12.5. The molecule has 1 saturated carbocycles. The molecule has 3 aromatic carbocycles. The fourth-order valence-corrected chi connectivity index (χ4v) is 4.32. The van der Waals surface area contributed by atoms with Gasteiger partial charge in [0.05, 0.1) is 12.8 Å². The molecule has 1 aliphatic rings. The predicted octanol–water partition coefficient (Wildman–Crippen LogP) is 5.75. The van der Waals surface area contributed by atoms with Crippen LogP contribution in [0.5, 0.6) is 5.75 Å². The lowest BCUT2D eigenvalue weighted by atomic mass is 10.2. The normalized spacial score (nSPS) is 12.7. The maximum atomic E-state index is 13.3. The highest BCUT2D eigenvalue weighted by Gasteiger charge is 2.34. The largest absolute Gasteiger partial charge is 0.497 e. The molecule has 1 N–H and O–H groups in total. The number of anilines is 1. The molecule has 0 atom stereocenters. The third-order valence-corrected chi connectivity index (χ3v) is 6.51. The number of imidazole rings is 1. The van der Waals surface area contributed by atoms with Crippen molar-refractivity contribution in [3.8, 4) is 22.7 Å². The van der Waals surface area contributed by atoms with Crippen molar-refractivity contribution in [3.63, 3.8) is 0 Å². The molecule has 4 aromatic rings. The van der Waals surface area contributed by atoms with Gasteiger partial charge < -0.3 is 9.64 Å². The Morgan fingerprint density at radius 3 is 2.54 bits per heavy atom. The second-order valence-corrected chi connectivity index (χ2v) is 9.55. The number of halogens is 1. The summed E-state index contributed by atoms with van der Waals surface area (Å²) in [7, 11) is 1.56. The number of nitrogens with zero attached hydrogens (tertiary/aromatic N) is 3. The monoisotopic (exact) mass is 514 g/mol. The van der Waals surface area contributed by atoms with Gasteiger partial charge in [0.2, 0.25) is 11.9 Å². The Balaban J connectivity index is 1.41. The molecule has 7 nitrogen and oxygen atoms in total. The Morgan fingerprint density at radius 1 is 1.08 bits per heavy atom. The van der Waals surface area contributed by atoms with Gasteiger partial charge in [0.1, 0.15) is 12.3 Å². The summed E-state index contributed by atoms with van der Waals surface area (Å²) in [6, 6.07) is 22.4. The van der Waals surface area contributed by atoms with E-state index < -0.39 is 0 Å². The number of aryl methyl sites for hydroxylation is 1. The van der Waals surface area contributed by atoms with Gasteiger partial charge in [-0.15, -0.1) is 0 Å². The molecule has 0 bridgehead atoms. The van der Waals surface area contributed by atoms with Crippen molar-refractivity contribution in [2.45, 2.75) is 25.8 Å². The summed E-state index contributed by atoms with van der Waals surface area (Å²) in [6.45, 7) is 1.94. The first kappa shape index (κ1) is 24.6. The summed E-state index contributed by atoms with van der Waals surface area (Å²) in [5.74, 6) is 0.469. The third-order valence-electron chi connectivity index (χ3n) is 6.26. The van der Waals surface area contributed by atoms with E-state index in [0.29, 0.717) is 28.0 Å². The number of hydrogen-bond donors (Lipinski definition) is 1. The van der Waals surface area contributed by atoms with E-state index in [2.05, 4.69) is 5.32 Å². The van der Waals surface area contributed by atoms with Crippen LogP contribution in [0.1, 0.15) is 28.8 Å². The fraction of sp³-hybridized carbons (Fsp3) is 0.207. The topological polar surface area (TPSA) is 76.5 Å². The van der Waals surface area contributed by atoms with Crippen LogP contribution in [0, 0.1) is 6.92 Å². The van der Waals surface area contributed by atoms with Gasteiger partial charge >= 0.3 is 0 Å². The average Bonchev–Trinajstić information content (AvgIpc) is 3.67. The van der Waals surface area contributed by atoms with Crippen LogP contribution in [0.3, 0.4) is 0 Å². The minimum atomic E-state index is -0.315. The van der Waals surface area contributed by atoms with Crippen LogP contribution in [0.2, 0.25) is 5.02 Å². The minimum absolute atomic E-state index is 0.0468. The molecule has 1 aromatic heterocycles. The molecule has 5 rings (SSSR count). The lowest BCUT2D eigenvalue weighted by molar-refractivity contribution is -0.117. The van der Waals surface area contributed by atoms with E-state index in [1.54, 1.807) is 48.4 Å². The molecule has 1 fully saturated rings. The van der Waals surface area contributed by atoms with Gasteiger partial charge in [0, 0.05) is 34.1 Å². The third kappa shape index (κ3) is 5.67. The Labute approximate surface area is 220 Å². The zero-order chi connectivity index (χ0) is 25.9. The zero-order valence-electron chi connectivity index (χ0n) is 20.6.